The monoisotopic (exact) mass is 248 g/mol. The van der Waals surface area contributed by atoms with Gasteiger partial charge in [-0.3, -0.25) is 0 Å². The molecule has 1 fully saturated rings. The third-order valence-electron chi connectivity index (χ3n) is 3.83. The van der Waals surface area contributed by atoms with Crippen LogP contribution in [0.1, 0.15) is 32.3 Å². The molecule has 0 atom stereocenters. The van der Waals surface area contributed by atoms with Crippen LogP contribution in [0.15, 0.2) is 18.2 Å². The third kappa shape index (κ3) is 3.16. The first-order valence-electron chi connectivity index (χ1n) is 6.86. The molecule has 1 heterocycles. The number of benzene rings is 1. The molecule has 0 amide bonds. The fraction of sp³-hybridized carbons (Fsp3) is 0.600. The van der Waals surface area contributed by atoms with Crippen molar-refractivity contribution in [3.8, 4) is 5.75 Å². The Kier molecular flexibility index (Phi) is 4.12. The number of likely N-dealkylation sites (tertiary alicyclic amines) is 1. The highest BCUT2D eigenvalue weighted by molar-refractivity contribution is 5.50. The Morgan fingerprint density at radius 2 is 1.94 bits per heavy atom. The molecule has 0 aliphatic carbocycles. The molecule has 0 spiro atoms. The zero-order valence-electron chi connectivity index (χ0n) is 11.6. The van der Waals surface area contributed by atoms with E-state index in [2.05, 4.69) is 24.1 Å². The van der Waals surface area contributed by atoms with E-state index in [0.29, 0.717) is 17.8 Å². The predicted octanol–water partition coefficient (Wildman–Crippen LogP) is 2.99. The van der Waals surface area contributed by atoms with Gasteiger partial charge >= 0.3 is 0 Å². The number of phenols is 1. The van der Waals surface area contributed by atoms with Gasteiger partial charge in [0.25, 0.3) is 0 Å². The minimum atomic E-state index is 0.371. The van der Waals surface area contributed by atoms with Crippen LogP contribution in [0.25, 0.3) is 0 Å². The molecule has 1 aliphatic rings. The number of aromatic hydroxyl groups is 1. The number of phenolic OH excluding ortho intramolecular Hbond substituents is 1. The number of hydrogen-bond donors (Lipinski definition) is 2. The zero-order valence-corrected chi connectivity index (χ0v) is 11.6. The van der Waals surface area contributed by atoms with E-state index in [4.69, 9.17) is 0 Å². The highest BCUT2D eigenvalue weighted by atomic mass is 16.3. The third-order valence-corrected chi connectivity index (χ3v) is 3.83. The highest BCUT2D eigenvalue weighted by Crippen LogP contribution is 2.23. The number of aryl methyl sites for hydroxylation is 1. The van der Waals surface area contributed by atoms with Gasteiger partial charge in [0, 0.05) is 30.9 Å². The van der Waals surface area contributed by atoms with Gasteiger partial charge in [-0.25, -0.2) is 0 Å². The minimum absolute atomic E-state index is 0.371. The van der Waals surface area contributed by atoms with Crippen LogP contribution < -0.4 is 5.32 Å². The molecule has 1 aromatic rings. The van der Waals surface area contributed by atoms with E-state index in [9.17, 15) is 5.11 Å². The van der Waals surface area contributed by atoms with Crippen LogP contribution in [0.3, 0.4) is 0 Å². The second-order valence-electron chi connectivity index (χ2n) is 5.55. The van der Waals surface area contributed by atoms with Crippen molar-refractivity contribution in [3.63, 3.8) is 0 Å². The summed E-state index contributed by atoms with van der Waals surface area (Å²) in [6, 6.07) is 6.95. The Balaban J connectivity index is 1.89. The molecule has 0 aromatic heterocycles. The van der Waals surface area contributed by atoms with Crippen LogP contribution in [0, 0.1) is 6.92 Å². The second-order valence-corrected chi connectivity index (χ2v) is 5.55. The summed E-state index contributed by atoms with van der Waals surface area (Å²) in [5.41, 5.74) is 2.05. The first-order valence-corrected chi connectivity index (χ1v) is 6.86. The van der Waals surface area contributed by atoms with E-state index in [1.807, 2.05) is 19.1 Å². The lowest BCUT2D eigenvalue weighted by Crippen LogP contribution is -2.42. The summed E-state index contributed by atoms with van der Waals surface area (Å²) < 4.78 is 0. The van der Waals surface area contributed by atoms with E-state index in [1.165, 1.54) is 25.9 Å². The van der Waals surface area contributed by atoms with E-state index in [-0.39, 0.29) is 0 Å². The standard InChI is InChI=1S/C15H24N2O/c1-11(2)17-8-6-13(7-9-17)16-14-4-5-15(18)12(3)10-14/h4-5,10-11,13,16,18H,6-9H2,1-3H3. The summed E-state index contributed by atoms with van der Waals surface area (Å²) in [5.74, 6) is 0.371. The molecule has 18 heavy (non-hydrogen) atoms. The fourth-order valence-electron chi connectivity index (χ4n) is 2.54. The molecular formula is C15H24N2O. The fourth-order valence-corrected chi connectivity index (χ4v) is 2.54. The molecule has 2 rings (SSSR count). The molecule has 3 nitrogen and oxygen atoms in total. The number of rotatable bonds is 3. The highest BCUT2D eigenvalue weighted by Gasteiger charge is 2.20. The Morgan fingerprint density at radius 3 is 2.50 bits per heavy atom. The number of nitrogens with one attached hydrogen (secondary N) is 1. The lowest BCUT2D eigenvalue weighted by molar-refractivity contribution is 0.177. The molecular weight excluding hydrogens is 224 g/mol. The van der Waals surface area contributed by atoms with Crippen LogP contribution in [0.2, 0.25) is 0 Å². The molecule has 1 saturated heterocycles. The molecule has 2 N–H and O–H groups in total. The van der Waals surface area contributed by atoms with E-state index in [0.717, 1.165) is 11.3 Å². The Hall–Kier alpha value is -1.22. The molecule has 0 unspecified atom stereocenters. The van der Waals surface area contributed by atoms with Gasteiger partial charge in [0.15, 0.2) is 0 Å². The van der Waals surface area contributed by atoms with Crippen molar-refractivity contribution in [3.05, 3.63) is 23.8 Å². The SMILES string of the molecule is Cc1cc(NC2CCN(C(C)C)CC2)ccc1O. The van der Waals surface area contributed by atoms with Crippen molar-refractivity contribution in [1.82, 2.24) is 4.90 Å². The first-order chi connectivity index (χ1) is 8.56. The lowest BCUT2D eigenvalue weighted by Gasteiger charge is -2.35. The Labute approximate surface area is 110 Å². The van der Waals surface area contributed by atoms with Crippen LogP contribution in [-0.2, 0) is 0 Å². The summed E-state index contributed by atoms with van der Waals surface area (Å²) >= 11 is 0. The second kappa shape index (κ2) is 5.61. The van der Waals surface area contributed by atoms with E-state index in [1.54, 1.807) is 6.07 Å². The summed E-state index contributed by atoms with van der Waals surface area (Å²) in [6.07, 6.45) is 2.39. The molecule has 0 bridgehead atoms. The predicted molar refractivity (Wildman–Crippen MR) is 76.2 cm³/mol. The van der Waals surface area contributed by atoms with Gasteiger partial charge in [0.1, 0.15) is 5.75 Å². The van der Waals surface area contributed by atoms with Crippen LogP contribution in [0.4, 0.5) is 5.69 Å². The summed E-state index contributed by atoms with van der Waals surface area (Å²) in [7, 11) is 0. The average molecular weight is 248 g/mol. The van der Waals surface area contributed by atoms with E-state index >= 15 is 0 Å². The van der Waals surface area contributed by atoms with Gasteiger partial charge in [0.05, 0.1) is 0 Å². The molecule has 1 aromatic carbocycles. The van der Waals surface area contributed by atoms with Gasteiger partial charge in [-0.15, -0.1) is 0 Å². The van der Waals surface area contributed by atoms with Crippen molar-refractivity contribution in [2.45, 2.75) is 45.7 Å². The van der Waals surface area contributed by atoms with Crippen molar-refractivity contribution in [1.29, 1.82) is 0 Å². The average Bonchev–Trinajstić information content (AvgIpc) is 2.34. The maximum Gasteiger partial charge on any atom is 0.118 e. The van der Waals surface area contributed by atoms with Crippen molar-refractivity contribution < 1.29 is 5.11 Å². The number of anilines is 1. The quantitative estimate of drug-likeness (QED) is 0.807. The first kappa shape index (κ1) is 13.2. The van der Waals surface area contributed by atoms with E-state index < -0.39 is 0 Å². The van der Waals surface area contributed by atoms with Crippen molar-refractivity contribution in [2.24, 2.45) is 0 Å². The molecule has 0 radical (unpaired) electrons. The number of hydrogen-bond acceptors (Lipinski definition) is 3. The molecule has 100 valence electrons. The maximum absolute atomic E-state index is 9.51. The van der Waals surface area contributed by atoms with Gasteiger partial charge in [-0.1, -0.05) is 0 Å². The van der Waals surface area contributed by atoms with Gasteiger partial charge in [0.2, 0.25) is 0 Å². The zero-order chi connectivity index (χ0) is 13.1. The van der Waals surface area contributed by atoms with Crippen molar-refractivity contribution >= 4 is 5.69 Å². The Morgan fingerprint density at radius 1 is 1.28 bits per heavy atom. The van der Waals surface area contributed by atoms with Crippen LogP contribution >= 0.6 is 0 Å². The summed E-state index contributed by atoms with van der Waals surface area (Å²) in [5, 5.41) is 13.1. The van der Waals surface area contributed by atoms with Crippen LogP contribution in [-0.4, -0.2) is 35.2 Å². The van der Waals surface area contributed by atoms with Gasteiger partial charge < -0.3 is 15.3 Å². The normalized spacial score (nSPS) is 18.2. The topological polar surface area (TPSA) is 35.5 Å². The minimum Gasteiger partial charge on any atom is -0.508 e. The summed E-state index contributed by atoms with van der Waals surface area (Å²) in [6.45, 7) is 8.80. The largest absolute Gasteiger partial charge is 0.508 e. The van der Waals surface area contributed by atoms with Crippen molar-refractivity contribution in [2.75, 3.05) is 18.4 Å². The lowest BCUT2D eigenvalue weighted by atomic mass is 10.0. The molecule has 1 aliphatic heterocycles. The molecule has 3 heteroatoms. The number of piperidine rings is 1. The molecule has 0 saturated carbocycles. The van der Waals surface area contributed by atoms with Gasteiger partial charge in [-0.05, 0) is 57.4 Å². The Bertz CT molecular complexity index is 395. The smallest absolute Gasteiger partial charge is 0.118 e. The maximum atomic E-state index is 9.51. The number of nitrogens with zero attached hydrogens (tertiary/aromatic N) is 1. The van der Waals surface area contributed by atoms with Gasteiger partial charge in [-0.2, -0.15) is 0 Å². The summed E-state index contributed by atoms with van der Waals surface area (Å²) in [4.78, 5) is 2.53. The van der Waals surface area contributed by atoms with Crippen LogP contribution in [0.5, 0.6) is 5.75 Å².